The number of furan rings is 1. The standard InChI is InChI=1S/C16H18N2O4/c1-2-11-6-3-4-7-12(11)18-16(21)15(20)17-10-13(19)14-8-5-9-22-14/h3-9,13,19H,2,10H2,1H3,(H,17,20)(H,18,21). The molecule has 0 aliphatic rings. The average molecular weight is 302 g/mol. The molecular weight excluding hydrogens is 284 g/mol. The molecule has 0 spiro atoms. The summed E-state index contributed by atoms with van der Waals surface area (Å²) in [6.07, 6.45) is 1.18. The molecule has 0 saturated heterocycles. The van der Waals surface area contributed by atoms with Crippen LogP contribution in [0.1, 0.15) is 24.4 Å². The number of nitrogens with one attached hydrogen (secondary N) is 2. The summed E-state index contributed by atoms with van der Waals surface area (Å²) in [4.78, 5) is 23.6. The highest BCUT2D eigenvalue weighted by Gasteiger charge is 2.17. The van der Waals surface area contributed by atoms with Crippen molar-refractivity contribution in [1.29, 1.82) is 0 Å². The number of para-hydroxylation sites is 1. The lowest BCUT2D eigenvalue weighted by atomic mass is 10.1. The smallest absolute Gasteiger partial charge is 0.313 e. The van der Waals surface area contributed by atoms with Gasteiger partial charge in [0.2, 0.25) is 0 Å². The van der Waals surface area contributed by atoms with Gasteiger partial charge in [0.25, 0.3) is 0 Å². The fourth-order valence-electron chi connectivity index (χ4n) is 1.98. The Balaban J connectivity index is 1.88. The maximum absolute atomic E-state index is 11.9. The first-order valence-corrected chi connectivity index (χ1v) is 7.00. The molecule has 6 nitrogen and oxygen atoms in total. The third-order valence-corrected chi connectivity index (χ3v) is 3.18. The van der Waals surface area contributed by atoms with E-state index in [-0.39, 0.29) is 6.54 Å². The van der Waals surface area contributed by atoms with Gasteiger partial charge in [-0.05, 0) is 30.2 Å². The molecule has 0 bridgehead atoms. The number of anilines is 1. The first-order chi connectivity index (χ1) is 10.6. The van der Waals surface area contributed by atoms with Gasteiger partial charge in [0.05, 0.1) is 12.8 Å². The van der Waals surface area contributed by atoms with E-state index in [2.05, 4.69) is 10.6 Å². The van der Waals surface area contributed by atoms with Gasteiger partial charge in [-0.1, -0.05) is 25.1 Å². The lowest BCUT2D eigenvalue weighted by Gasteiger charge is -2.11. The zero-order valence-electron chi connectivity index (χ0n) is 12.2. The highest BCUT2D eigenvalue weighted by molar-refractivity contribution is 6.39. The molecule has 1 aromatic heterocycles. The normalized spacial score (nSPS) is 11.7. The lowest BCUT2D eigenvalue weighted by Crippen LogP contribution is -2.37. The van der Waals surface area contributed by atoms with E-state index in [1.54, 1.807) is 24.3 Å². The molecule has 0 aliphatic carbocycles. The van der Waals surface area contributed by atoms with Crippen LogP contribution in [0, 0.1) is 0 Å². The van der Waals surface area contributed by atoms with Crippen LogP contribution in [0.2, 0.25) is 0 Å². The van der Waals surface area contributed by atoms with Crippen molar-refractivity contribution in [2.45, 2.75) is 19.4 Å². The molecule has 1 heterocycles. The van der Waals surface area contributed by atoms with Crippen molar-refractivity contribution in [2.75, 3.05) is 11.9 Å². The molecule has 2 amide bonds. The summed E-state index contributed by atoms with van der Waals surface area (Å²) in [6, 6.07) is 10.5. The van der Waals surface area contributed by atoms with Crippen molar-refractivity contribution < 1.29 is 19.1 Å². The van der Waals surface area contributed by atoms with Crippen LogP contribution in [0.3, 0.4) is 0 Å². The number of aryl methyl sites for hydroxylation is 1. The molecule has 1 aromatic carbocycles. The van der Waals surface area contributed by atoms with Gasteiger partial charge in [0.1, 0.15) is 11.9 Å². The quantitative estimate of drug-likeness (QED) is 0.732. The van der Waals surface area contributed by atoms with E-state index in [1.165, 1.54) is 6.26 Å². The van der Waals surface area contributed by atoms with E-state index in [0.29, 0.717) is 11.4 Å². The summed E-state index contributed by atoms with van der Waals surface area (Å²) < 4.78 is 5.01. The number of carbonyl (C=O) groups excluding carboxylic acids is 2. The molecule has 116 valence electrons. The van der Waals surface area contributed by atoms with E-state index in [9.17, 15) is 14.7 Å². The maximum Gasteiger partial charge on any atom is 0.313 e. The summed E-state index contributed by atoms with van der Waals surface area (Å²) in [5, 5.41) is 14.7. The number of aliphatic hydroxyl groups excluding tert-OH is 1. The van der Waals surface area contributed by atoms with Crippen molar-refractivity contribution in [3.05, 3.63) is 54.0 Å². The first-order valence-electron chi connectivity index (χ1n) is 7.00. The van der Waals surface area contributed by atoms with Crippen LogP contribution in [0.15, 0.2) is 47.1 Å². The molecule has 0 fully saturated rings. The minimum atomic E-state index is -0.991. The van der Waals surface area contributed by atoms with E-state index in [0.717, 1.165) is 12.0 Å². The van der Waals surface area contributed by atoms with Gasteiger partial charge in [-0.25, -0.2) is 0 Å². The molecule has 2 aromatic rings. The van der Waals surface area contributed by atoms with Gasteiger partial charge >= 0.3 is 11.8 Å². The number of hydrogen-bond donors (Lipinski definition) is 3. The van der Waals surface area contributed by atoms with Crippen LogP contribution in [-0.4, -0.2) is 23.5 Å². The maximum atomic E-state index is 11.9. The van der Waals surface area contributed by atoms with Crippen molar-refractivity contribution in [2.24, 2.45) is 0 Å². The Morgan fingerprint density at radius 2 is 1.95 bits per heavy atom. The van der Waals surface area contributed by atoms with Gasteiger partial charge < -0.3 is 20.2 Å². The zero-order chi connectivity index (χ0) is 15.9. The number of benzene rings is 1. The van der Waals surface area contributed by atoms with E-state index in [4.69, 9.17) is 4.42 Å². The van der Waals surface area contributed by atoms with E-state index < -0.39 is 17.9 Å². The minimum absolute atomic E-state index is 0.102. The number of carbonyl (C=O) groups is 2. The van der Waals surface area contributed by atoms with Crippen LogP contribution in [0.5, 0.6) is 0 Å². The van der Waals surface area contributed by atoms with E-state index >= 15 is 0 Å². The van der Waals surface area contributed by atoms with Crippen molar-refractivity contribution in [3.8, 4) is 0 Å². The van der Waals surface area contributed by atoms with Gasteiger partial charge in [-0.2, -0.15) is 0 Å². The average Bonchev–Trinajstić information content (AvgIpc) is 3.07. The molecule has 22 heavy (non-hydrogen) atoms. The fourth-order valence-corrected chi connectivity index (χ4v) is 1.98. The second kappa shape index (κ2) is 7.42. The minimum Gasteiger partial charge on any atom is -0.467 e. The second-order valence-corrected chi connectivity index (χ2v) is 4.71. The second-order valence-electron chi connectivity index (χ2n) is 4.71. The predicted octanol–water partition coefficient (Wildman–Crippen LogP) is 1.63. The topological polar surface area (TPSA) is 91.6 Å². The Hall–Kier alpha value is -2.60. The van der Waals surface area contributed by atoms with Gasteiger partial charge in [-0.15, -0.1) is 0 Å². The summed E-state index contributed by atoms with van der Waals surface area (Å²) in [6.45, 7) is 1.86. The van der Waals surface area contributed by atoms with E-state index in [1.807, 2.05) is 19.1 Å². The zero-order valence-corrected chi connectivity index (χ0v) is 12.2. The van der Waals surface area contributed by atoms with Crippen LogP contribution in [0.4, 0.5) is 5.69 Å². The molecule has 6 heteroatoms. The van der Waals surface area contributed by atoms with Crippen molar-refractivity contribution in [3.63, 3.8) is 0 Å². The number of aliphatic hydroxyl groups is 1. The number of hydrogen-bond acceptors (Lipinski definition) is 4. The molecule has 3 N–H and O–H groups in total. The van der Waals surface area contributed by atoms with Crippen LogP contribution in [0.25, 0.3) is 0 Å². The SMILES string of the molecule is CCc1ccccc1NC(=O)C(=O)NCC(O)c1ccco1. The van der Waals surface area contributed by atoms with Crippen LogP contribution >= 0.6 is 0 Å². The highest BCUT2D eigenvalue weighted by atomic mass is 16.4. The van der Waals surface area contributed by atoms with Gasteiger partial charge in [-0.3, -0.25) is 9.59 Å². The molecule has 0 radical (unpaired) electrons. The fraction of sp³-hybridized carbons (Fsp3) is 0.250. The molecule has 1 unspecified atom stereocenters. The Labute approximate surface area is 128 Å². The molecule has 1 atom stereocenters. The summed E-state index contributed by atoms with van der Waals surface area (Å²) >= 11 is 0. The van der Waals surface area contributed by atoms with Gasteiger partial charge in [0.15, 0.2) is 0 Å². The summed E-state index contributed by atoms with van der Waals surface area (Å²) in [5.41, 5.74) is 1.55. The highest BCUT2D eigenvalue weighted by Crippen LogP contribution is 2.15. The largest absolute Gasteiger partial charge is 0.467 e. The Morgan fingerprint density at radius 1 is 1.18 bits per heavy atom. The predicted molar refractivity (Wildman–Crippen MR) is 81.1 cm³/mol. The van der Waals surface area contributed by atoms with Crippen molar-refractivity contribution >= 4 is 17.5 Å². The van der Waals surface area contributed by atoms with Crippen LogP contribution in [-0.2, 0) is 16.0 Å². The molecule has 2 rings (SSSR count). The number of rotatable bonds is 5. The molecule has 0 aliphatic heterocycles. The molecule has 0 saturated carbocycles. The Kier molecular flexibility index (Phi) is 5.32. The first kappa shape index (κ1) is 15.8. The summed E-state index contributed by atoms with van der Waals surface area (Å²) in [7, 11) is 0. The summed E-state index contributed by atoms with van der Waals surface area (Å²) in [5.74, 6) is -1.25. The van der Waals surface area contributed by atoms with Gasteiger partial charge in [0, 0.05) is 5.69 Å². The Bertz CT molecular complexity index is 637. The number of amides is 2. The lowest BCUT2D eigenvalue weighted by molar-refractivity contribution is -0.136. The monoisotopic (exact) mass is 302 g/mol. The third-order valence-electron chi connectivity index (χ3n) is 3.18. The third kappa shape index (κ3) is 3.95. The van der Waals surface area contributed by atoms with Crippen LogP contribution < -0.4 is 10.6 Å². The Morgan fingerprint density at radius 3 is 2.64 bits per heavy atom. The molecular formula is C16H18N2O4. The van der Waals surface area contributed by atoms with Crippen molar-refractivity contribution in [1.82, 2.24) is 5.32 Å².